The maximum atomic E-state index is 10.1. The number of nitrogen functional groups attached to an aromatic ring is 1. The van der Waals surface area contributed by atoms with Gasteiger partial charge in [0.1, 0.15) is 0 Å². The lowest BCUT2D eigenvalue weighted by atomic mass is 10.0. The maximum Gasteiger partial charge on any atom is 0.0880 e. The summed E-state index contributed by atoms with van der Waals surface area (Å²) in [6.07, 6.45) is 6.38. The van der Waals surface area contributed by atoms with Gasteiger partial charge in [-0.05, 0) is 30.5 Å². The molecule has 1 aliphatic rings. The average Bonchev–Trinajstić information content (AvgIpc) is 2.38. The normalized spacial score (nSPS) is 19.1. The molecule has 0 saturated heterocycles. The lowest BCUT2D eigenvalue weighted by Crippen LogP contribution is -2.11. The first-order valence-electron chi connectivity index (χ1n) is 6.41. The van der Waals surface area contributed by atoms with Gasteiger partial charge in [0.25, 0.3) is 0 Å². The van der Waals surface area contributed by atoms with E-state index in [-0.39, 0.29) is 6.10 Å². The Kier molecular flexibility index (Phi) is 4.75. The van der Waals surface area contributed by atoms with Gasteiger partial charge in [-0.25, -0.2) is 0 Å². The summed E-state index contributed by atoms with van der Waals surface area (Å²) in [6.45, 7) is 0. The van der Waals surface area contributed by atoms with E-state index in [1.807, 2.05) is 36.0 Å². The molecule has 17 heavy (non-hydrogen) atoms. The number of thioether (sulfide) groups is 1. The maximum absolute atomic E-state index is 10.1. The van der Waals surface area contributed by atoms with Crippen molar-refractivity contribution in [3.63, 3.8) is 0 Å². The Balaban J connectivity index is 1.80. The predicted octanol–water partition coefficient (Wildman–Crippen LogP) is 3.37. The molecule has 1 aromatic carbocycles. The summed E-state index contributed by atoms with van der Waals surface area (Å²) in [6, 6.07) is 7.54. The Morgan fingerprint density at radius 2 is 1.82 bits per heavy atom. The summed E-state index contributed by atoms with van der Waals surface area (Å²) < 4.78 is 0. The highest BCUT2D eigenvalue weighted by Gasteiger charge is 2.16. The van der Waals surface area contributed by atoms with Crippen molar-refractivity contribution in [1.29, 1.82) is 0 Å². The van der Waals surface area contributed by atoms with Gasteiger partial charge in [-0.3, -0.25) is 0 Å². The van der Waals surface area contributed by atoms with Gasteiger partial charge in [0, 0.05) is 16.7 Å². The van der Waals surface area contributed by atoms with Crippen LogP contribution in [0, 0.1) is 0 Å². The molecule has 0 aromatic heterocycles. The monoisotopic (exact) mass is 251 g/mol. The van der Waals surface area contributed by atoms with Crippen molar-refractivity contribution in [2.45, 2.75) is 43.5 Å². The summed E-state index contributed by atoms with van der Waals surface area (Å²) in [7, 11) is 0. The number of hydrogen-bond donors (Lipinski definition) is 2. The molecule has 1 aromatic rings. The van der Waals surface area contributed by atoms with Crippen molar-refractivity contribution in [1.82, 2.24) is 0 Å². The van der Waals surface area contributed by atoms with Crippen molar-refractivity contribution < 1.29 is 5.11 Å². The fourth-order valence-corrected chi connectivity index (χ4v) is 3.59. The molecule has 1 atom stereocenters. The average molecular weight is 251 g/mol. The van der Waals surface area contributed by atoms with Crippen LogP contribution in [0.2, 0.25) is 0 Å². The minimum Gasteiger partial charge on any atom is -0.399 e. The van der Waals surface area contributed by atoms with Gasteiger partial charge < -0.3 is 10.8 Å². The zero-order chi connectivity index (χ0) is 12.1. The van der Waals surface area contributed by atoms with Crippen molar-refractivity contribution in [3.05, 3.63) is 29.8 Å². The summed E-state index contributed by atoms with van der Waals surface area (Å²) >= 11 is 1.92. The predicted molar refractivity (Wildman–Crippen MR) is 75.1 cm³/mol. The number of hydrogen-bond acceptors (Lipinski definition) is 3. The zero-order valence-corrected chi connectivity index (χ0v) is 11.0. The fourth-order valence-electron chi connectivity index (χ4n) is 2.27. The van der Waals surface area contributed by atoms with Crippen LogP contribution in [-0.4, -0.2) is 16.1 Å². The zero-order valence-electron chi connectivity index (χ0n) is 10.1. The van der Waals surface area contributed by atoms with Crippen LogP contribution in [0.1, 0.15) is 43.8 Å². The SMILES string of the molecule is Nc1ccc(C(O)CSC2CCCCC2)cc1. The van der Waals surface area contributed by atoms with Crippen LogP contribution < -0.4 is 5.73 Å². The van der Waals surface area contributed by atoms with Crippen molar-refractivity contribution in [2.24, 2.45) is 0 Å². The third-order valence-corrected chi connectivity index (χ3v) is 4.81. The van der Waals surface area contributed by atoms with Gasteiger partial charge in [0.2, 0.25) is 0 Å². The molecule has 1 saturated carbocycles. The van der Waals surface area contributed by atoms with E-state index in [2.05, 4.69) is 0 Å². The van der Waals surface area contributed by atoms with E-state index < -0.39 is 0 Å². The number of nitrogens with two attached hydrogens (primary N) is 1. The molecule has 1 unspecified atom stereocenters. The molecule has 0 bridgehead atoms. The molecule has 0 spiro atoms. The van der Waals surface area contributed by atoms with E-state index in [0.717, 1.165) is 22.3 Å². The van der Waals surface area contributed by atoms with Gasteiger partial charge >= 0.3 is 0 Å². The standard InChI is InChI=1S/C14H21NOS/c15-12-8-6-11(7-9-12)14(16)10-17-13-4-2-1-3-5-13/h6-9,13-14,16H,1-5,10,15H2. The van der Waals surface area contributed by atoms with Crippen molar-refractivity contribution in [2.75, 3.05) is 11.5 Å². The summed E-state index contributed by atoms with van der Waals surface area (Å²) in [5.41, 5.74) is 7.36. The van der Waals surface area contributed by atoms with Crippen LogP contribution in [0.25, 0.3) is 0 Å². The number of rotatable bonds is 4. The molecule has 94 valence electrons. The Labute approximate surface area is 108 Å². The minimum absolute atomic E-state index is 0.359. The summed E-state index contributed by atoms with van der Waals surface area (Å²) in [5.74, 6) is 0.800. The largest absolute Gasteiger partial charge is 0.399 e. The molecule has 2 rings (SSSR count). The molecule has 2 nitrogen and oxygen atoms in total. The first-order valence-corrected chi connectivity index (χ1v) is 7.45. The van der Waals surface area contributed by atoms with Gasteiger partial charge in [0.15, 0.2) is 0 Å². The van der Waals surface area contributed by atoms with Crippen molar-refractivity contribution in [3.8, 4) is 0 Å². The second-order valence-electron chi connectivity index (χ2n) is 4.78. The van der Waals surface area contributed by atoms with Gasteiger partial charge in [-0.2, -0.15) is 11.8 Å². The second-order valence-corrected chi connectivity index (χ2v) is 6.11. The summed E-state index contributed by atoms with van der Waals surface area (Å²) in [4.78, 5) is 0. The molecule has 0 aliphatic heterocycles. The van der Waals surface area contributed by atoms with Gasteiger partial charge in [-0.15, -0.1) is 0 Å². The fraction of sp³-hybridized carbons (Fsp3) is 0.571. The van der Waals surface area contributed by atoms with Crippen LogP contribution in [0.4, 0.5) is 5.69 Å². The molecular formula is C14H21NOS. The van der Waals surface area contributed by atoms with E-state index in [0.29, 0.717) is 0 Å². The van der Waals surface area contributed by atoms with Crippen LogP contribution in [0.3, 0.4) is 0 Å². The molecule has 3 N–H and O–H groups in total. The molecule has 0 amide bonds. The minimum atomic E-state index is -0.359. The Morgan fingerprint density at radius 1 is 1.18 bits per heavy atom. The van der Waals surface area contributed by atoms with Crippen LogP contribution in [0.15, 0.2) is 24.3 Å². The van der Waals surface area contributed by atoms with Gasteiger partial charge in [-0.1, -0.05) is 31.4 Å². The molecular weight excluding hydrogens is 230 g/mol. The first-order chi connectivity index (χ1) is 8.25. The van der Waals surface area contributed by atoms with Crippen LogP contribution >= 0.6 is 11.8 Å². The van der Waals surface area contributed by atoms with E-state index in [1.165, 1.54) is 32.1 Å². The highest BCUT2D eigenvalue weighted by molar-refractivity contribution is 7.99. The highest BCUT2D eigenvalue weighted by atomic mass is 32.2. The third-order valence-electron chi connectivity index (χ3n) is 3.36. The quantitative estimate of drug-likeness (QED) is 0.807. The van der Waals surface area contributed by atoms with Crippen LogP contribution in [0.5, 0.6) is 0 Å². The Hall–Kier alpha value is -0.670. The smallest absolute Gasteiger partial charge is 0.0880 e. The topological polar surface area (TPSA) is 46.2 Å². The second kappa shape index (κ2) is 6.31. The lowest BCUT2D eigenvalue weighted by molar-refractivity contribution is 0.204. The molecule has 3 heteroatoms. The lowest BCUT2D eigenvalue weighted by Gasteiger charge is -2.22. The van der Waals surface area contributed by atoms with Gasteiger partial charge in [0.05, 0.1) is 6.10 Å². The number of benzene rings is 1. The number of aliphatic hydroxyl groups excluding tert-OH is 1. The first kappa shape index (κ1) is 12.8. The Morgan fingerprint density at radius 3 is 2.47 bits per heavy atom. The van der Waals surface area contributed by atoms with E-state index in [1.54, 1.807) is 0 Å². The number of aliphatic hydroxyl groups is 1. The molecule has 1 aliphatic carbocycles. The van der Waals surface area contributed by atoms with E-state index in [4.69, 9.17) is 5.73 Å². The summed E-state index contributed by atoms with van der Waals surface area (Å²) in [5, 5.41) is 10.8. The van der Waals surface area contributed by atoms with E-state index >= 15 is 0 Å². The molecule has 0 radical (unpaired) electrons. The third kappa shape index (κ3) is 3.93. The highest BCUT2D eigenvalue weighted by Crippen LogP contribution is 2.31. The van der Waals surface area contributed by atoms with E-state index in [9.17, 15) is 5.11 Å². The molecule has 0 heterocycles. The molecule has 1 fully saturated rings. The van der Waals surface area contributed by atoms with Crippen molar-refractivity contribution >= 4 is 17.4 Å². The Bertz CT molecular complexity index is 333. The number of anilines is 1. The van der Waals surface area contributed by atoms with Crippen LogP contribution in [-0.2, 0) is 0 Å².